The van der Waals surface area contributed by atoms with Crippen molar-refractivity contribution in [1.82, 2.24) is 15.2 Å². The molecule has 0 radical (unpaired) electrons. The molecule has 2 heterocycles. The highest BCUT2D eigenvalue weighted by Crippen LogP contribution is 2.38. The highest BCUT2D eigenvalue weighted by atomic mass is 19.3. The smallest absolute Gasteiger partial charge is 0.282 e. The molecule has 1 aromatic rings. The van der Waals surface area contributed by atoms with Crippen LogP contribution >= 0.6 is 0 Å². The zero-order chi connectivity index (χ0) is 21.5. The molecule has 1 atom stereocenters. The fourth-order valence-corrected chi connectivity index (χ4v) is 3.52. The van der Waals surface area contributed by atoms with Crippen molar-refractivity contribution in [2.24, 2.45) is 11.8 Å². The molecule has 7 nitrogen and oxygen atoms in total. The second kappa shape index (κ2) is 8.00. The zero-order valence-electron chi connectivity index (χ0n) is 17.4. The van der Waals surface area contributed by atoms with E-state index in [2.05, 4.69) is 10.3 Å². The van der Waals surface area contributed by atoms with E-state index in [1.54, 1.807) is 20.2 Å². The summed E-state index contributed by atoms with van der Waals surface area (Å²) >= 11 is 0. The Hall–Kier alpha value is -2.45. The first kappa shape index (κ1) is 20.8. The molecule has 0 spiro atoms. The summed E-state index contributed by atoms with van der Waals surface area (Å²) in [5.41, 5.74) is 0.584. The summed E-state index contributed by atoms with van der Waals surface area (Å²) in [7, 11) is 3.32. The minimum atomic E-state index is -2.72. The van der Waals surface area contributed by atoms with Crippen molar-refractivity contribution in [3.8, 4) is 5.88 Å². The van der Waals surface area contributed by atoms with Gasteiger partial charge in [-0.1, -0.05) is 12.8 Å². The number of rotatable bonds is 9. The molecule has 1 N–H and O–H groups in total. The molecule has 3 aliphatic rings. The molecule has 4 rings (SSSR count). The maximum atomic E-state index is 13.3. The van der Waals surface area contributed by atoms with Crippen LogP contribution in [0.1, 0.15) is 42.6 Å². The molecule has 164 valence electrons. The van der Waals surface area contributed by atoms with Crippen LogP contribution in [-0.4, -0.2) is 67.5 Å². The third kappa shape index (κ3) is 4.99. The van der Waals surface area contributed by atoms with Crippen LogP contribution in [0.2, 0.25) is 0 Å². The van der Waals surface area contributed by atoms with E-state index in [0.29, 0.717) is 30.6 Å². The molecule has 2 saturated carbocycles. The van der Waals surface area contributed by atoms with Gasteiger partial charge in [-0.05, 0) is 43.2 Å². The van der Waals surface area contributed by atoms with Crippen molar-refractivity contribution in [1.29, 1.82) is 0 Å². The van der Waals surface area contributed by atoms with Crippen LogP contribution in [0.15, 0.2) is 12.1 Å². The van der Waals surface area contributed by atoms with E-state index in [1.165, 1.54) is 15.9 Å². The molecule has 2 amide bonds. The highest BCUT2D eigenvalue weighted by molar-refractivity contribution is 5.96. The van der Waals surface area contributed by atoms with E-state index in [9.17, 15) is 18.4 Å². The number of aromatic nitrogens is 1. The van der Waals surface area contributed by atoms with Gasteiger partial charge in [0, 0.05) is 14.1 Å². The summed E-state index contributed by atoms with van der Waals surface area (Å²) in [4.78, 5) is 32.6. The average molecular weight is 422 g/mol. The monoisotopic (exact) mass is 422 g/mol. The van der Waals surface area contributed by atoms with E-state index in [4.69, 9.17) is 4.74 Å². The maximum absolute atomic E-state index is 13.3. The van der Waals surface area contributed by atoms with Gasteiger partial charge in [0.1, 0.15) is 17.4 Å². The summed E-state index contributed by atoms with van der Waals surface area (Å²) in [6, 6.07) is 2.49. The quantitative estimate of drug-likeness (QED) is 0.661. The number of hydrogen-bond acceptors (Lipinski definition) is 5. The molecule has 9 heteroatoms. The third-order valence-corrected chi connectivity index (χ3v) is 5.72. The van der Waals surface area contributed by atoms with Crippen molar-refractivity contribution in [3.63, 3.8) is 0 Å². The van der Waals surface area contributed by atoms with Crippen LogP contribution in [0.25, 0.3) is 0 Å². The van der Waals surface area contributed by atoms with Gasteiger partial charge in [-0.3, -0.25) is 9.59 Å². The summed E-state index contributed by atoms with van der Waals surface area (Å²) in [6.45, 7) is -0.319. The number of halogens is 2. The zero-order valence-corrected chi connectivity index (χ0v) is 17.4. The van der Waals surface area contributed by atoms with Crippen LogP contribution in [0.4, 0.5) is 14.5 Å². The molecule has 0 bridgehead atoms. The van der Waals surface area contributed by atoms with Crippen LogP contribution < -0.4 is 15.0 Å². The van der Waals surface area contributed by atoms with E-state index in [0.717, 1.165) is 25.7 Å². The Morgan fingerprint density at radius 1 is 1.23 bits per heavy atom. The topological polar surface area (TPSA) is 74.8 Å². The Balaban J connectivity index is 1.49. The first-order chi connectivity index (χ1) is 14.2. The lowest BCUT2D eigenvalue weighted by molar-refractivity contribution is -0.131. The molecule has 1 aromatic heterocycles. The molecule has 1 aliphatic heterocycles. The van der Waals surface area contributed by atoms with E-state index in [-0.39, 0.29) is 30.6 Å². The SMILES string of the molecule is CN(C)C(=O)[C@H](CC1CC1)NC(=O)c1ccc(N2CC(F)(F)C2)c(OCC2CC2)n1. The lowest BCUT2D eigenvalue weighted by Crippen LogP contribution is -2.56. The molecule has 2 aliphatic carbocycles. The van der Waals surface area contributed by atoms with E-state index in [1.807, 2.05) is 0 Å². The van der Waals surface area contributed by atoms with Gasteiger partial charge >= 0.3 is 0 Å². The van der Waals surface area contributed by atoms with Gasteiger partial charge in [-0.2, -0.15) is 0 Å². The lowest BCUT2D eigenvalue weighted by atomic mass is 10.1. The van der Waals surface area contributed by atoms with E-state index < -0.39 is 17.9 Å². The summed E-state index contributed by atoms with van der Waals surface area (Å²) in [6.07, 6.45) is 4.90. The van der Waals surface area contributed by atoms with Crippen LogP contribution in [-0.2, 0) is 4.79 Å². The first-order valence-electron chi connectivity index (χ1n) is 10.5. The first-order valence-corrected chi connectivity index (χ1v) is 10.5. The Labute approximate surface area is 174 Å². The highest BCUT2D eigenvalue weighted by Gasteiger charge is 2.45. The van der Waals surface area contributed by atoms with Crippen molar-refractivity contribution in [3.05, 3.63) is 17.8 Å². The standard InChI is InChI=1S/C21H28F2N4O3/c1-26(2)20(29)16(9-13-3-4-13)24-18(28)15-7-8-17(27-11-21(22,23)12-27)19(25-15)30-10-14-5-6-14/h7-8,13-14,16H,3-6,9-12H2,1-2H3,(H,24,28)/t16-/m0/s1. The molecule has 1 saturated heterocycles. The minimum Gasteiger partial charge on any atom is -0.476 e. The molecule has 30 heavy (non-hydrogen) atoms. The summed E-state index contributed by atoms with van der Waals surface area (Å²) in [5, 5.41) is 2.80. The summed E-state index contributed by atoms with van der Waals surface area (Å²) in [5.74, 6) is -2.22. The van der Waals surface area contributed by atoms with Crippen molar-refractivity contribution >= 4 is 17.5 Å². The second-order valence-electron chi connectivity index (χ2n) is 8.92. The number of anilines is 1. The van der Waals surface area contributed by atoms with Crippen molar-refractivity contribution in [2.45, 2.75) is 44.1 Å². The molecule has 0 unspecified atom stereocenters. The van der Waals surface area contributed by atoms with Gasteiger partial charge in [-0.25, -0.2) is 13.8 Å². The number of alkyl halides is 2. The normalized spacial score (nSPS) is 20.9. The number of pyridine rings is 1. The predicted molar refractivity (Wildman–Crippen MR) is 107 cm³/mol. The Morgan fingerprint density at radius 2 is 1.90 bits per heavy atom. The third-order valence-electron chi connectivity index (χ3n) is 5.72. The number of carbonyl (C=O) groups is 2. The van der Waals surface area contributed by atoms with Crippen molar-refractivity contribution in [2.75, 3.05) is 38.7 Å². The maximum Gasteiger partial charge on any atom is 0.282 e. The fraction of sp³-hybridized carbons (Fsp3) is 0.667. The van der Waals surface area contributed by atoms with Crippen molar-refractivity contribution < 1.29 is 23.1 Å². The number of amides is 2. The van der Waals surface area contributed by atoms with Gasteiger partial charge in [0.2, 0.25) is 11.8 Å². The van der Waals surface area contributed by atoms with Gasteiger partial charge in [0.15, 0.2) is 0 Å². The Morgan fingerprint density at radius 3 is 2.47 bits per heavy atom. The predicted octanol–water partition coefficient (Wildman–Crippen LogP) is 2.31. The Kier molecular flexibility index (Phi) is 5.55. The van der Waals surface area contributed by atoms with E-state index >= 15 is 0 Å². The summed E-state index contributed by atoms with van der Waals surface area (Å²) < 4.78 is 32.4. The number of hydrogen-bond donors (Lipinski definition) is 1. The number of nitrogens with zero attached hydrogens (tertiary/aromatic N) is 3. The van der Waals surface area contributed by atoms with Gasteiger partial charge < -0.3 is 19.9 Å². The van der Waals surface area contributed by atoms with Gasteiger partial charge in [0.25, 0.3) is 11.8 Å². The lowest BCUT2D eigenvalue weighted by Gasteiger charge is -2.40. The number of nitrogens with one attached hydrogen (secondary N) is 1. The van der Waals surface area contributed by atoms with Crippen LogP contribution in [0.3, 0.4) is 0 Å². The van der Waals surface area contributed by atoms with Crippen LogP contribution in [0.5, 0.6) is 5.88 Å². The second-order valence-corrected chi connectivity index (χ2v) is 8.92. The number of likely N-dealkylation sites (N-methyl/N-ethyl adjacent to an activating group) is 1. The average Bonchev–Trinajstić information content (AvgIpc) is 3.58. The molecule has 0 aromatic carbocycles. The number of ether oxygens (including phenoxy) is 1. The number of carbonyl (C=O) groups excluding carboxylic acids is 2. The van der Waals surface area contributed by atoms with Gasteiger partial charge in [0.05, 0.1) is 19.7 Å². The molecular weight excluding hydrogens is 394 g/mol. The Bertz CT molecular complexity index is 816. The minimum absolute atomic E-state index is 0.115. The molecular formula is C21H28F2N4O3. The van der Waals surface area contributed by atoms with Crippen LogP contribution in [0, 0.1) is 11.8 Å². The molecule has 3 fully saturated rings. The fourth-order valence-electron chi connectivity index (χ4n) is 3.52. The largest absolute Gasteiger partial charge is 0.476 e. The van der Waals surface area contributed by atoms with Gasteiger partial charge in [-0.15, -0.1) is 0 Å².